The predicted molar refractivity (Wildman–Crippen MR) is 78.9 cm³/mol. The van der Waals surface area contributed by atoms with Gasteiger partial charge in [-0.1, -0.05) is 6.07 Å². The number of amides is 1. The number of halogens is 3. The van der Waals surface area contributed by atoms with Gasteiger partial charge in [-0.15, -0.1) is 0 Å². The normalized spacial score (nSPS) is 11.5. The third-order valence-electron chi connectivity index (χ3n) is 2.59. The van der Waals surface area contributed by atoms with Gasteiger partial charge in [0.15, 0.2) is 0 Å². The summed E-state index contributed by atoms with van der Waals surface area (Å²) >= 11 is 0. The Hall–Kier alpha value is -2.43. The summed E-state index contributed by atoms with van der Waals surface area (Å²) in [6, 6.07) is 5.00. The molecule has 0 fully saturated rings. The van der Waals surface area contributed by atoms with Crippen LogP contribution in [0, 0.1) is 11.3 Å². The van der Waals surface area contributed by atoms with E-state index in [4.69, 9.17) is 10.00 Å². The van der Waals surface area contributed by atoms with Gasteiger partial charge in [0.2, 0.25) is 0 Å². The van der Waals surface area contributed by atoms with Crippen molar-refractivity contribution in [3.05, 3.63) is 29.3 Å². The average Bonchev–Trinajstić information content (AvgIpc) is 2.40. The van der Waals surface area contributed by atoms with Crippen LogP contribution in [0.15, 0.2) is 18.2 Å². The summed E-state index contributed by atoms with van der Waals surface area (Å²) in [4.78, 5) is 11.4. The van der Waals surface area contributed by atoms with Crippen LogP contribution in [-0.4, -0.2) is 24.8 Å². The van der Waals surface area contributed by atoms with Gasteiger partial charge < -0.3 is 15.4 Å². The van der Waals surface area contributed by atoms with Crippen LogP contribution in [0.5, 0.6) is 0 Å². The van der Waals surface area contributed by atoms with E-state index in [1.54, 1.807) is 26.8 Å². The molecule has 0 unspecified atom stereocenters. The third kappa shape index (κ3) is 6.06. The molecule has 1 aromatic carbocycles. The Kier molecular flexibility index (Phi) is 5.85. The van der Waals surface area contributed by atoms with Gasteiger partial charge in [0.05, 0.1) is 16.8 Å². The molecule has 5 nitrogen and oxygen atoms in total. The van der Waals surface area contributed by atoms with E-state index < -0.39 is 29.0 Å². The Bertz CT molecular complexity index is 601. The van der Waals surface area contributed by atoms with Gasteiger partial charge in [0, 0.05) is 13.1 Å². The summed E-state index contributed by atoms with van der Waals surface area (Å²) in [5.74, 6) is 0. The molecule has 0 saturated heterocycles. The molecule has 0 aliphatic rings. The van der Waals surface area contributed by atoms with Gasteiger partial charge in [-0.05, 0) is 32.9 Å². The number of carbonyl (C=O) groups is 1. The summed E-state index contributed by atoms with van der Waals surface area (Å²) in [6.07, 6.45) is -5.22. The molecule has 23 heavy (non-hydrogen) atoms. The van der Waals surface area contributed by atoms with E-state index in [0.717, 1.165) is 6.07 Å². The summed E-state index contributed by atoms with van der Waals surface area (Å²) in [6.45, 7) is 5.43. The molecule has 0 saturated carbocycles. The zero-order valence-electron chi connectivity index (χ0n) is 13.0. The van der Waals surface area contributed by atoms with E-state index in [2.05, 4.69) is 10.6 Å². The minimum Gasteiger partial charge on any atom is -0.444 e. The van der Waals surface area contributed by atoms with Crippen LogP contribution in [0.3, 0.4) is 0 Å². The molecule has 0 aromatic heterocycles. The van der Waals surface area contributed by atoms with Gasteiger partial charge in [-0.25, -0.2) is 4.79 Å². The monoisotopic (exact) mass is 329 g/mol. The smallest absolute Gasteiger partial charge is 0.417 e. The highest BCUT2D eigenvalue weighted by Gasteiger charge is 2.34. The van der Waals surface area contributed by atoms with Crippen LogP contribution in [-0.2, 0) is 10.9 Å². The van der Waals surface area contributed by atoms with Crippen molar-refractivity contribution in [3.8, 4) is 6.07 Å². The summed E-state index contributed by atoms with van der Waals surface area (Å²) in [5.41, 5.74) is -2.04. The van der Waals surface area contributed by atoms with Gasteiger partial charge in [0.25, 0.3) is 0 Å². The van der Waals surface area contributed by atoms with Crippen molar-refractivity contribution in [3.63, 3.8) is 0 Å². The fraction of sp³-hybridized carbons (Fsp3) is 0.467. The Balaban J connectivity index is 2.63. The number of ether oxygens (including phenoxy) is 1. The minimum absolute atomic E-state index is 0.0633. The first-order valence-corrected chi connectivity index (χ1v) is 6.85. The molecule has 0 heterocycles. The van der Waals surface area contributed by atoms with Crippen LogP contribution in [0.25, 0.3) is 0 Å². The number of hydrogen-bond acceptors (Lipinski definition) is 4. The number of nitrogens with zero attached hydrogens (tertiary/aromatic N) is 1. The van der Waals surface area contributed by atoms with Crippen LogP contribution >= 0.6 is 0 Å². The van der Waals surface area contributed by atoms with E-state index in [0.29, 0.717) is 0 Å². The molecular formula is C15H18F3N3O2. The first-order chi connectivity index (χ1) is 10.5. The first-order valence-electron chi connectivity index (χ1n) is 6.85. The quantitative estimate of drug-likeness (QED) is 0.829. The Morgan fingerprint density at radius 1 is 1.26 bits per heavy atom. The van der Waals surface area contributed by atoms with Gasteiger partial charge in [0.1, 0.15) is 11.7 Å². The van der Waals surface area contributed by atoms with Gasteiger partial charge >= 0.3 is 12.3 Å². The Labute approximate surface area is 132 Å². The van der Waals surface area contributed by atoms with Crippen LogP contribution in [0.4, 0.5) is 23.7 Å². The summed E-state index contributed by atoms with van der Waals surface area (Å²) < 4.78 is 43.5. The van der Waals surface area contributed by atoms with Gasteiger partial charge in [-0.2, -0.15) is 18.4 Å². The maximum atomic E-state index is 12.8. The molecule has 0 radical (unpaired) electrons. The lowest BCUT2D eigenvalue weighted by Crippen LogP contribution is -2.35. The second kappa shape index (κ2) is 7.22. The molecule has 126 valence electrons. The lowest BCUT2D eigenvalue weighted by molar-refractivity contribution is -0.137. The van der Waals surface area contributed by atoms with E-state index in [1.165, 1.54) is 12.1 Å². The Morgan fingerprint density at radius 2 is 1.91 bits per heavy atom. The maximum absolute atomic E-state index is 12.8. The van der Waals surface area contributed by atoms with Crippen LogP contribution in [0.2, 0.25) is 0 Å². The zero-order valence-corrected chi connectivity index (χ0v) is 13.0. The second-order valence-electron chi connectivity index (χ2n) is 5.69. The average molecular weight is 329 g/mol. The van der Waals surface area contributed by atoms with Crippen molar-refractivity contribution < 1.29 is 22.7 Å². The van der Waals surface area contributed by atoms with E-state index in [1.807, 2.05) is 0 Å². The molecule has 0 aliphatic heterocycles. The standard InChI is InChI=1S/C15H18F3N3O2/c1-14(2,3)23-13(22)21-8-7-20-12-6-4-5-11(10(12)9-19)15(16,17)18/h4-6,20H,7-8H2,1-3H3,(H,21,22). The number of nitrogens with one attached hydrogen (secondary N) is 2. The largest absolute Gasteiger partial charge is 0.444 e. The molecule has 0 spiro atoms. The number of hydrogen-bond donors (Lipinski definition) is 2. The van der Waals surface area contributed by atoms with Gasteiger partial charge in [-0.3, -0.25) is 0 Å². The van der Waals surface area contributed by atoms with E-state index >= 15 is 0 Å². The third-order valence-corrected chi connectivity index (χ3v) is 2.59. The molecule has 1 rings (SSSR count). The molecule has 0 atom stereocenters. The second-order valence-corrected chi connectivity index (χ2v) is 5.69. The fourth-order valence-electron chi connectivity index (χ4n) is 1.73. The molecule has 1 aromatic rings. The number of alkyl halides is 3. The Morgan fingerprint density at radius 3 is 2.43 bits per heavy atom. The molecule has 0 bridgehead atoms. The maximum Gasteiger partial charge on any atom is 0.417 e. The van der Waals surface area contributed by atoms with Crippen molar-refractivity contribution in [2.75, 3.05) is 18.4 Å². The number of alkyl carbamates (subject to hydrolysis) is 1. The molecule has 0 aliphatic carbocycles. The number of rotatable bonds is 4. The predicted octanol–water partition coefficient (Wildman–Crippen LogP) is 3.51. The topological polar surface area (TPSA) is 74.2 Å². The SMILES string of the molecule is CC(C)(C)OC(=O)NCCNc1cccc(C(F)(F)F)c1C#N. The van der Waals surface area contributed by atoms with Crippen molar-refractivity contribution in [1.82, 2.24) is 5.32 Å². The number of nitriles is 1. The fourth-order valence-corrected chi connectivity index (χ4v) is 1.73. The minimum atomic E-state index is -4.60. The zero-order chi connectivity index (χ0) is 17.7. The highest BCUT2D eigenvalue weighted by Crippen LogP contribution is 2.34. The first kappa shape index (κ1) is 18.6. The molecular weight excluding hydrogens is 311 g/mol. The summed E-state index contributed by atoms with van der Waals surface area (Å²) in [7, 11) is 0. The lowest BCUT2D eigenvalue weighted by Gasteiger charge is -2.20. The van der Waals surface area contributed by atoms with Crippen LogP contribution in [0.1, 0.15) is 31.9 Å². The highest BCUT2D eigenvalue weighted by molar-refractivity contribution is 5.67. The number of benzene rings is 1. The molecule has 2 N–H and O–H groups in total. The number of carbonyl (C=O) groups excluding carboxylic acids is 1. The van der Waals surface area contributed by atoms with Crippen molar-refractivity contribution >= 4 is 11.8 Å². The van der Waals surface area contributed by atoms with Crippen LogP contribution < -0.4 is 10.6 Å². The summed E-state index contributed by atoms with van der Waals surface area (Å²) in [5, 5.41) is 14.1. The molecule has 1 amide bonds. The van der Waals surface area contributed by atoms with E-state index in [9.17, 15) is 18.0 Å². The van der Waals surface area contributed by atoms with Crippen molar-refractivity contribution in [2.45, 2.75) is 32.5 Å². The van der Waals surface area contributed by atoms with Crippen molar-refractivity contribution in [2.24, 2.45) is 0 Å². The highest BCUT2D eigenvalue weighted by atomic mass is 19.4. The number of anilines is 1. The van der Waals surface area contributed by atoms with E-state index in [-0.39, 0.29) is 18.8 Å². The lowest BCUT2D eigenvalue weighted by atomic mass is 10.1. The van der Waals surface area contributed by atoms with Crippen molar-refractivity contribution in [1.29, 1.82) is 5.26 Å². The molecule has 8 heteroatoms.